The molecule has 3 rings (SSSR count). The molecule has 23 heavy (non-hydrogen) atoms. The second-order valence-corrected chi connectivity index (χ2v) is 8.75. The van der Waals surface area contributed by atoms with Crippen molar-refractivity contribution in [2.75, 3.05) is 20.6 Å². The molecule has 2 aliphatic rings. The smallest absolute Gasteiger partial charge is 0.0863 e. The third kappa shape index (κ3) is 3.59. The largest absolute Gasteiger partial charge is 0.326 e. The average molecular weight is 329 g/mol. The van der Waals surface area contributed by atoms with Gasteiger partial charge in [-0.3, -0.25) is 0 Å². The van der Waals surface area contributed by atoms with E-state index in [2.05, 4.69) is 64.4 Å². The van der Waals surface area contributed by atoms with Crippen LogP contribution in [0.3, 0.4) is 0 Å². The lowest BCUT2D eigenvalue weighted by atomic mass is 9.84. The van der Waals surface area contributed by atoms with E-state index in [1.807, 2.05) is 11.8 Å². The van der Waals surface area contributed by atoms with Crippen LogP contribution in [-0.2, 0) is 6.42 Å². The number of quaternary nitrogens is 1. The van der Waals surface area contributed by atoms with Gasteiger partial charge in [0, 0.05) is 11.3 Å². The van der Waals surface area contributed by atoms with E-state index in [1.54, 1.807) is 16.0 Å². The number of fused-ring (bicyclic) bond motifs is 1. The van der Waals surface area contributed by atoms with E-state index in [1.165, 1.54) is 37.1 Å². The van der Waals surface area contributed by atoms with Crippen LogP contribution in [0.15, 0.2) is 51.8 Å². The van der Waals surface area contributed by atoms with Gasteiger partial charge in [0.1, 0.15) is 0 Å². The van der Waals surface area contributed by atoms with Crippen molar-refractivity contribution in [3.05, 3.63) is 52.5 Å². The summed E-state index contributed by atoms with van der Waals surface area (Å²) in [5.74, 6) is 0.664. The standard InChI is InChI=1S/C21H30NS/c1-5-22(3,4)16(2)14-18-15-17-10-6-8-12-20(17)23-21-13-9-7-11-19(18)21/h6-8,10-12,16,18H,5,9,13-15H2,1-4H3/q+1. The Labute approximate surface area is 146 Å². The van der Waals surface area contributed by atoms with Crippen LogP contribution in [-0.4, -0.2) is 31.2 Å². The zero-order chi connectivity index (χ0) is 16.4. The van der Waals surface area contributed by atoms with Crippen LogP contribution in [0.25, 0.3) is 0 Å². The summed E-state index contributed by atoms with van der Waals surface area (Å²) >= 11 is 2.03. The maximum Gasteiger partial charge on any atom is 0.0863 e. The van der Waals surface area contributed by atoms with E-state index in [4.69, 9.17) is 0 Å². The fraction of sp³-hybridized carbons (Fsp3) is 0.524. The van der Waals surface area contributed by atoms with Gasteiger partial charge >= 0.3 is 0 Å². The molecule has 0 amide bonds. The van der Waals surface area contributed by atoms with Crippen molar-refractivity contribution in [2.45, 2.75) is 50.5 Å². The molecule has 2 heteroatoms. The second kappa shape index (κ2) is 6.86. The highest BCUT2D eigenvalue weighted by Crippen LogP contribution is 2.44. The van der Waals surface area contributed by atoms with E-state index >= 15 is 0 Å². The Morgan fingerprint density at radius 2 is 2.04 bits per heavy atom. The van der Waals surface area contributed by atoms with Crippen molar-refractivity contribution in [1.82, 2.24) is 0 Å². The van der Waals surface area contributed by atoms with Crippen LogP contribution < -0.4 is 0 Å². The van der Waals surface area contributed by atoms with Crippen molar-refractivity contribution in [3.8, 4) is 0 Å². The molecule has 1 aromatic rings. The predicted molar refractivity (Wildman–Crippen MR) is 102 cm³/mol. The summed E-state index contributed by atoms with van der Waals surface area (Å²) < 4.78 is 1.11. The van der Waals surface area contributed by atoms with Gasteiger partial charge in [0.25, 0.3) is 0 Å². The first kappa shape index (κ1) is 16.9. The first-order valence-electron chi connectivity index (χ1n) is 8.99. The fourth-order valence-electron chi connectivity index (χ4n) is 3.63. The third-order valence-corrected chi connectivity index (χ3v) is 7.21. The molecule has 2 unspecified atom stereocenters. The Hall–Kier alpha value is -0.990. The number of hydrogen-bond acceptors (Lipinski definition) is 1. The minimum Gasteiger partial charge on any atom is -0.326 e. The van der Waals surface area contributed by atoms with Crippen LogP contribution >= 0.6 is 11.8 Å². The molecule has 0 aromatic heterocycles. The third-order valence-electron chi connectivity index (χ3n) is 5.90. The van der Waals surface area contributed by atoms with Gasteiger partial charge in [-0.1, -0.05) is 42.1 Å². The van der Waals surface area contributed by atoms with Crippen molar-refractivity contribution in [1.29, 1.82) is 0 Å². The highest BCUT2D eigenvalue weighted by atomic mass is 32.2. The Kier molecular flexibility index (Phi) is 5.03. The molecular weight excluding hydrogens is 298 g/mol. The highest BCUT2D eigenvalue weighted by Gasteiger charge is 2.30. The molecule has 0 fully saturated rings. The zero-order valence-corrected chi connectivity index (χ0v) is 15.8. The predicted octanol–water partition coefficient (Wildman–Crippen LogP) is 5.43. The molecular formula is C21H30NS+. The number of benzene rings is 1. The first-order valence-corrected chi connectivity index (χ1v) is 9.81. The number of nitrogens with zero attached hydrogens (tertiary/aromatic N) is 1. The second-order valence-electron chi connectivity index (χ2n) is 7.61. The molecule has 0 bridgehead atoms. The summed E-state index contributed by atoms with van der Waals surface area (Å²) in [6.07, 6.45) is 9.71. The van der Waals surface area contributed by atoms with E-state index in [9.17, 15) is 0 Å². The van der Waals surface area contributed by atoms with E-state index in [0.29, 0.717) is 12.0 Å². The lowest BCUT2D eigenvalue weighted by molar-refractivity contribution is -0.912. The summed E-state index contributed by atoms with van der Waals surface area (Å²) in [5, 5.41) is 0. The van der Waals surface area contributed by atoms with Gasteiger partial charge < -0.3 is 4.48 Å². The van der Waals surface area contributed by atoms with Crippen molar-refractivity contribution in [2.24, 2.45) is 5.92 Å². The molecule has 1 aliphatic carbocycles. The molecule has 2 atom stereocenters. The van der Waals surface area contributed by atoms with Crippen molar-refractivity contribution in [3.63, 3.8) is 0 Å². The lowest BCUT2D eigenvalue weighted by Crippen LogP contribution is -2.48. The van der Waals surface area contributed by atoms with Crippen molar-refractivity contribution >= 4 is 11.8 Å². The molecule has 1 aromatic carbocycles. The minimum absolute atomic E-state index is 0.664. The van der Waals surface area contributed by atoms with E-state index in [-0.39, 0.29) is 0 Å². The van der Waals surface area contributed by atoms with E-state index < -0.39 is 0 Å². The molecule has 0 N–H and O–H groups in total. The number of thioether (sulfide) groups is 1. The monoisotopic (exact) mass is 328 g/mol. The number of rotatable bonds is 4. The quantitative estimate of drug-likeness (QED) is 0.664. The maximum atomic E-state index is 2.43. The Bertz CT molecular complexity index is 626. The fourth-order valence-corrected chi connectivity index (χ4v) is 4.90. The van der Waals surface area contributed by atoms with Gasteiger partial charge in [-0.2, -0.15) is 0 Å². The van der Waals surface area contributed by atoms with Crippen molar-refractivity contribution < 1.29 is 4.48 Å². The lowest BCUT2D eigenvalue weighted by Gasteiger charge is -2.37. The van der Waals surface area contributed by atoms with Gasteiger partial charge in [-0.05, 0) is 61.1 Å². The minimum atomic E-state index is 0.664. The maximum absolute atomic E-state index is 2.43. The summed E-state index contributed by atoms with van der Waals surface area (Å²) in [4.78, 5) is 3.10. The SMILES string of the molecule is CC[N+](C)(C)C(C)CC1Cc2ccccc2SC2=C1C=CCC2. The molecule has 1 heterocycles. The van der Waals surface area contributed by atoms with E-state index in [0.717, 1.165) is 4.48 Å². The van der Waals surface area contributed by atoms with Crippen LogP contribution in [0.2, 0.25) is 0 Å². The Balaban J connectivity index is 1.92. The molecule has 0 saturated carbocycles. The molecule has 124 valence electrons. The number of hydrogen-bond donors (Lipinski definition) is 0. The van der Waals surface area contributed by atoms with Crippen LogP contribution in [0.4, 0.5) is 0 Å². The van der Waals surface area contributed by atoms with Gasteiger partial charge in [0.05, 0.1) is 26.7 Å². The zero-order valence-electron chi connectivity index (χ0n) is 15.0. The summed E-state index contributed by atoms with van der Waals surface area (Å²) in [6, 6.07) is 9.71. The van der Waals surface area contributed by atoms with Crippen LogP contribution in [0.5, 0.6) is 0 Å². The molecule has 1 nitrogen and oxygen atoms in total. The molecule has 0 saturated heterocycles. The number of allylic oxidation sites excluding steroid dienone is 4. The summed E-state index contributed by atoms with van der Waals surface area (Å²) in [5.41, 5.74) is 3.17. The molecule has 0 spiro atoms. The Morgan fingerprint density at radius 3 is 2.83 bits per heavy atom. The van der Waals surface area contributed by atoms with Gasteiger partial charge in [0.2, 0.25) is 0 Å². The van der Waals surface area contributed by atoms with Gasteiger partial charge in [-0.25, -0.2) is 0 Å². The summed E-state index contributed by atoms with van der Waals surface area (Å²) in [7, 11) is 4.74. The van der Waals surface area contributed by atoms with Gasteiger partial charge in [-0.15, -0.1) is 0 Å². The highest BCUT2D eigenvalue weighted by molar-refractivity contribution is 8.03. The van der Waals surface area contributed by atoms with Crippen LogP contribution in [0, 0.1) is 5.92 Å². The Morgan fingerprint density at radius 1 is 1.26 bits per heavy atom. The summed E-state index contributed by atoms with van der Waals surface area (Å²) in [6.45, 7) is 5.93. The molecule has 0 radical (unpaired) electrons. The first-order chi connectivity index (χ1) is 11.0. The normalized spacial score (nSPS) is 22.3. The van der Waals surface area contributed by atoms with Crippen LogP contribution in [0.1, 0.15) is 38.7 Å². The topological polar surface area (TPSA) is 0 Å². The molecule has 1 aliphatic heterocycles. The van der Waals surface area contributed by atoms with Gasteiger partial charge in [0.15, 0.2) is 0 Å². The average Bonchev–Trinajstić information content (AvgIpc) is 2.71.